The van der Waals surface area contributed by atoms with Crippen LogP contribution < -0.4 is 16.0 Å². The summed E-state index contributed by atoms with van der Waals surface area (Å²) in [4.78, 5) is 24.4. The van der Waals surface area contributed by atoms with E-state index in [1.807, 2.05) is 24.3 Å². The van der Waals surface area contributed by atoms with E-state index in [9.17, 15) is 9.59 Å². The van der Waals surface area contributed by atoms with Gasteiger partial charge in [-0.2, -0.15) is 5.10 Å². The minimum atomic E-state index is -0.608. The Labute approximate surface area is 127 Å². The van der Waals surface area contributed by atoms with Crippen molar-refractivity contribution in [3.8, 4) is 0 Å². The number of aromatic amines is 1. The Balaban J connectivity index is 1.64. The van der Waals surface area contributed by atoms with E-state index in [2.05, 4.69) is 26.1 Å². The van der Waals surface area contributed by atoms with Crippen molar-refractivity contribution < 1.29 is 9.59 Å². The van der Waals surface area contributed by atoms with Crippen LogP contribution in [0.5, 0.6) is 0 Å². The van der Waals surface area contributed by atoms with Crippen LogP contribution in [0.4, 0.5) is 0 Å². The smallest absolute Gasteiger partial charge is 0.273 e. The van der Waals surface area contributed by atoms with Gasteiger partial charge in [-0.25, -0.2) is 0 Å². The second-order valence-corrected chi connectivity index (χ2v) is 5.51. The number of hydrogen-bond donors (Lipinski definition) is 4. The number of para-hydroxylation sites is 1. The van der Waals surface area contributed by atoms with E-state index in [1.165, 1.54) is 0 Å². The fourth-order valence-electron chi connectivity index (χ4n) is 2.57. The van der Waals surface area contributed by atoms with Gasteiger partial charge in [0.25, 0.3) is 5.91 Å². The fourth-order valence-corrected chi connectivity index (χ4v) is 2.57. The third-order valence-electron chi connectivity index (χ3n) is 3.83. The Morgan fingerprint density at radius 1 is 1.36 bits per heavy atom. The van der Waals surface area contributed by atoms with Crippen LogP contribution in [0.15, 0.2) is 24.3 Å². The molecule has 2 unspecified atom stereocenters. The van der Waals surface area contributed by atoms with Crippen molar-refractivity contribution in [2.45, 2.75) is 25.4 Å². The van der Waals surface area contributed by atoms with Crippen LogP contribution in [-0.4, -0.2) is 47.2 Å². The summed E-state index contributed by atoms with van der Waals surface area (Å²) in [6.45, 7) is 3.35. The molecule has 1 aromatic heterocycles. The fraction of sp³-hybridized carbons (Fsp3) is 0.400. The number of benzene rings is 1. The first-order valence-corrected chi connectivity index (χ1v) is 7.40. The van der Waals surface area contributed by atoms with Crippen LogP contribution in [0.3, 0.4) is 0 Å². The number of carbonyl (C=O) groups is 2. The number of carbonyl (C=O) groups excluding carboxylic acids is 2. The molecule has 1 saturated heterocycles. The highest BCUT2D eigenvalue weighted by molar-refractivity contribution is 6.05. The van der Waals surface area contributed by atoms with E-state index >= 15 is 0 Å². The Bertz CT molecular complexity index is 690. The molecule has 116 valence electrons. The zero-order valence-electron chi connectivity index (χ0n) is 12.3. The average Bonchev–Trinajstić information content (AvgIpc) is 3.15. The number of fused-ring (bicyclic) bond motifs is 1. The molecule has 1 aliphatic rings. The van der Waals surface area contributed by atoms with Gasteiger partial charge in [0.15, 0.2) is 5.69 Å². The first kappa shape index (κ1) is 14.5. The molecule has 0 saturated carbocycles. The molecule has 0 bridgehead atoms. The van der Waals surface area contributed by atoms with Gasteiger partial charge in [0.05, 0.1) is 5.52 Å². The van der Waals surface area contributed by atoms with Crippen LogP contribution in [0.25, 0.3) is 10.9 Å². The van der Waals surface area contributed by atoms with Gasteiger partial charge in [-0.15, -0.1) is 0 Å². The van der Waals surface area contributed by atoms with Crippen LogP contribution in [0, 0.1) is 0 Å². The van der Waals surface area contributed by atoms with E-state index in [-0.39, 0.29) is 17.9 Å². The number of hydrogen-bond acceptors (Lipinski definition) is 4. The van der Waals surface area contributed by atoms with Crippen molar-refractivity contribution in [1.82, 2.24) is 26.1 Å². The number of aromatic nitrogens is 2. The van der Waals surface area contributed by atoms with Gasteiger partial charge in [0.2, 0.25) is 5.91 Å². The summed E-state index contributed by atoms with van der Waals surface area (Å²) in [5.74, 6) is -0.536. The van der Waals surface area contributed by atoms with Crippen molar-refractivity contribution in [3.63, 3.8) is 0 Å². The van der Waals surface area contributed by atoms with Gasteiger partial charge in [-0.1, -0.05) is 18.2 Å². The van der Waals surface area contributed by atoms with Gasteiger partial charge in [0, 0.05) is 18.0 Å². The van der Waals surface area contributed by atoms with Crippen LogP contribution in [-0.2, 0) is 4.79 Å². The van der Waals surface area contributed by atoms with Gasteiger partial charge >= 0.3 is 0 Å². The lowest BCUT2D eigenvalue weighted by atomic mass is 10.2. The SMILES string of the molecule is CC(NC(=O)c1n[nH]c2ccccc12)C(=O)NC1CCNC1. The summed E-state index contributed by atoms with van der Waals surface area (Å²) < 4.78 is 0. The predicted octanol–water partition coefficient (Wildman–Crippen LogP) is 0.159. The molecule has 3 rings (SSSR count). The predicted molar refractivity (Wildman–Crippen MR) is 82.4 cm³/mol. The molecule has 2 amide bonds. The third-order valence-corrected chi connectivity index (χ3v) is 3.83. The molecule has 1 aliphatic heterocycles. The maximum atomic E-state index is 12.3. The minimum absolute atomic E-state index is 0.137. The molecule has 0 radical (unpaired) electrons. The first-order chi connectivity index (χ1) is 10.6. The zero-order chi connectivity index (χ0) is 15.5. The molecule has 0 aliphatic carbocycles. The van der Waals surface area contributed by atoms with Crippen LogP contribution >= 0.6 is 0 Å². The van der Waals surface area contributed by atoms with Crippen LogP contribution in [0.2, 0.25) is 0 Å². The molecule has 1 fully saturated rings. The molecule has 7 nitrogen and oxygen atoms in total. The lowest BCUT2D eigenvalue weighted by Crippen LogP contribution is -2.48. The van der Waals surface area contributed by atoms with E-state index in [4.69, 9.17) is 0 Å². The number of H-pyrrole nitrogens is 1. The Hall–Kier alpha value is -2.41. The highest BCUT2D eigenvalue weighted by Gasteiger charge is 2.23. The van der Waals surface area contributed by atoms with Gasteiger partial charge in [-0.05, 0) is 26.0 Å². The van der Waals surface area contributed by atoms with Crippen LogP contribution in [0.1, 0.15) is 23.8 Å². The molecule has 4 N–H and O–H groups in total. The van der Waals surface area contributed by atoms with E-state index in [0.717, 1.165) is 30.4 Å². The maximum Gasteiger partial charge on any atom is 0.273 e. The summed E-state index contributed by atoms with van der Waals surface area (Å²) in [5, 5.41) is 16.4. The molecule has 22 heavy (non-hydrogen) atoms. The number of nitrogens with one attached hydrogen (secondary N) is 4. The molecule has 0 spiro atoms. The zero-order valence-corrected chi connectivity index (χ0v) is 12.3. The molecule has 2 aromatic rings. The maximum absolute atomic E-state index is 12.3. The number of amides is 2. The molecule has 2 heterocycles. The van der Waals surface area contributed by atoms with Crippen molar-refractivity contribution in [3.05, 3.63) is 30.0 Å². The standard InChI is InChI=1S/C15H19N5O2/c1-9(14(21)18-10-6-7-16-8-10)17-15(22)13-11-4-2-3-5-12(11)19-20-13/h2-5,9-10,16H,6-8H2,1H3,(H,17,22)(H,18,21)(H,19,20). The largest absolute Gasteiger partial charge is 0.350 e. The second-order valence-electron chi connectivity index (χ2n) is 5.51. The van der Waals surface area contributed by atoms with E-state index in [1.54, 1.807) is 6.92 Å². The second kappa shape index (κ2) is 6.15. The molecule has 2 atom stereocenters. The van der Waals surface area contributed by atoms with E-state index in [0.29, 0.717) is 5.69 Å². The number of rotatable bonds is 4. The molecular weight excluding hydrogens is 282 g/mol. The van der Waals surface area contributed by atoms with E-state index < -0.39 is 6.04 Å². The van der Waals surface area contributed by atoms with Crippen molar-refractivity contribution >= 4 is 22.7 Å². The summed E-state index contributed by atoms with van der Waals surface area (Å²) in [7, 11) is 0. The average molecular weight is 301 g/mol. The molecule has 1 aromatic carbocycles. The normalized spacial score (nSPS) is 19.0. The van der Waals surface area contributed by atoms with Gasteiger partial charge in [0.1, 0.15) is 6.04 Å². The summed E-state index contributed by atoms with van der Waals surface area (Å²) in [5.41, 5.74) is 1.10. The number of nitrogens with zero attached hydrogens (tertiary/aromatic N) is 1. The van der Waals surface area contributed by atoms with Gasteiger partial charge < -0.3 is 16.0 Å². The minimum Gasteiger partial charge on any atom is -0.350 e. The molecule has 7 heteroatoms. The Morgan fingerprint density at radius 2 is 2.18 bits per heavy atom. The monoisotopic (exact) mass is 301 g/mol. The highest BCUT2D eigenvalue weighted by Crippen LogP contribution is 2.14. The lowest BCUT2D eigenvalue weighted by Gasteiger charge is -2.17. The molecular formula is C15H19N5O2. The van der Waals surface area contributed by atoms with Crippen molar-refractivity contribution in [2.75, 3.05) is 13.1 Å². The highest BCUT2D eigenvalue weighted by atomic mass is 16.2. The topological polar surface area (TPSA) is 98.9 Å². The first-order valence-electron chi connectivity index (χ1n) is 7.40. The quantitative estimate of drug-likeness (QED) is 0.646. The summed E-state index contributed by atoms with van der Waals surface area (Å²) in [6, 6.07) is 6.91. The third kappa shape index (κ3) is 2.94. The Kier molecular flexibility index (Phi) is 4.06. The summed E-state index contributed by atoms with van der Waals surface area (Å²) in [6.07, 6.45) is 0.913. The Morgan fingerprint density at radius 3 is 2.95 bits per heavy atom. The summed E-state index contributed by atoms with van der Waals surface area (Å²) >= 11 is 0. The van der Waals surface area contributed by atoms with Crippen molar-refractivity contribution in [1.29, 1.82) is 0 Å². The van der Waals surface area contributed by atoms with Crippen molar-refractivity contribution in [2.24, 2.45) is 0 Å². The van der Waals surface area contributed by atoms with Gasteiger partial charge in [-0.3, -0.25) is 14.7 Å². The lowest BCUT2D eigenvalue weighted by molar-refractivity contribution is -0.123.